The molecule has 0 aliphatic rings. The first kappa shape index (κ1) is 13.8. The van der Waals surface area contributed by atoms with Crippen LogP contribution in [0, 0.1) is 11.3 Å². The van der Waals surface area contributed by atoms with Gasteiger partial charge in [0.2, 0.25) is 5.91 Å². The number of nitriles is 1. The van der Waals surface area contributed by atoms with Gasteiger partial charge in [-0.3, -0.25) is 4.79 Å². The van der Waals surface area contributed by atoms with Crippen LogP contribution in [0.1, 0.15) is 26.5 Å². The Morgan fingerprint density at radius 3 is 2.67 bits per heavy atom. The lowest BCUT2D eigenvalue weighted by atomic mass is 10.2. The topological polar surface area (TPSA) is 104 Å². The second kappa shape index (κ2) is 5.87. The molecular weight excluding hydrogens is 230 g/mol. The Kier molecular flexibility index (Phi) is 4.49. The fraction of sp³-hybridized carbons (Fsp3) is 0.417. The summed E-state index contributed by atoms with van der Waals surface area (Å²) in [6.07, 6.45) is 0. The molecular formula is C12H17N5O. The van der Waals surface area contributed by atoms with Gasteiger partial charge in [-0.15, -0.1) is 0 Å². The van der Waals surface area contributed by atoms with Crippen LogP contribution in [0.4, 0.5) is 11.5 Å². The first-order chi connectivity index (χ1) is 8.43. The zero-order chi connectivity index (χ0) is 13.7. The van der Waals surface area contributed by atoms with Crippen LogP contribution in [0.5, 0.6) is 0 Å². The molecule has 0 aromatic carbocycles. The Labute approximate surface area is 106 Å². The lowest BCUT2D eigenvalue weighted by Gasteiger charge is -2.16. The smallest absolute Gasteiger partial charge is 0.242 e. The van der Waals surface area contributed by atoms with Gasteiger partial charge in [0.05, 0.1) is 5.69 Å². The zero-order valence-corrected chi connectivity index (χ0v) is 10.7. The van der Waals surface area contributed by atoms with Gasteiger partial charge in [-0.05, 0) is 32.9 Å². The molecule has 1 heterocycles. The lowest BCUT2D eigenvalue weighted by molar-refractivity contribution is -0.122. The van der Waals surface area contributed by atoms with E-state index in [2.05, 4.69) is 15.6 Å². The number of hydrogen-bond donors (Lipinski definition) is 3. The molecule has 0 saturated heterocycles. The van der Waals surface area contributed by atoms with Gasteiger partial charge in [0.1, 0.15) is 17.9 Å². The highest BCUT2D eigenvalue weighted by atomic mass is 16.2. The molecule has 1 aromatic rings. The van der Waals surface area contributed by atoms with E-state index in [0.29, 0.717) is 11.5 Å². The number of aromatic nitrogens is 1. The number of nitrogens with zero attached hydrogens (tertiary/aromatic N) is 2. The predicted octanol–water partition coefficient (Wildman–Crippen LogP) is 0.860. The summed E-state index contributed by atoms with van der Waals surface area (Å²) in [7, 11) is 0. The van der Waals surface area contributed by atoms with E-state index in [0.717, 1.165) is 0 Å². The molecule has 0 radical (unpaired) electrons. The molecule has 0 saturated carbocycles. The third kappa shape index (κ3) is 3.63. The van der Waals surface area contributed by atoms with Gasteiger partial charge in [-0.2, -0.15) is 5.26 Å². The first-order valence-corrected chi connectivity index (χ1v) is 5.67. The number of carbonyl (C=O) groups is 1. The van der Waals surface area contributed by atoms with Crippen molar-refractivity contribution in [3.05, 3.63) is 17.8 Å². The molecule has 0 aliphatic carbocycles. The van der Waals surface area contributed by atoms with Gasteiger partial charge >= 0.3 is 0 Å². The zero-order valence-electron chi connectivity index (χ0n) is 10.7. The number of hydrogen-bond acceptors (Lipinski definition) is 5. The number of nitrogens with one attached hydrogen (secondary N) is 2. The van der Waals surface area contributed by atoms with E-state index in [-0.39, 0.29) is 17.6 Å². The van der Waals surface area contributed by atoms with Crippen molar-refractivity contribution in [3.8, 4) is 6.07 Å². The van der Waals surface area contributed by atoms with Crippen molar-refractivity contribution in [2.45, 2.75) is 32.9 Å². The van der Waals surface area contributed by atoms with Crippen LogP contribution in [0.3, 0.4) is 0 Å². The van der Waals surface area contributed by atoms with Gasteiger partial charge in [0, 0.05) is 6.04 Å². The fourth-order valence-electron chi connectivity index (χ4n) is 1.34. The highest BCUT2D eigenvalue weighted by Crippen LogP contribution is 2.12. The second-order valence-electron chi connectivity index (χ2n) is 4.28. The third-order valence-corrected chi connectivity index (χ3v) is 2.22. The Hall–Kier alpha value is -2.29. The molecule has 96 valence electrons. The van der Waals surface area contributed by atoms with Crippen LogP contribution in [0.15, 0.2) is 12.1 Å². The Balaban J connectivity index is 2.73. The quantitative estimate of drug-likeness (QED) is 0.732. The van der Waals surface area contributed by atoms with Crippen molar-refractivity contribution in [1.29, 1.82) is 5.26 Å². The molecule has 4 N–H and O–H groups in total. The van der Waals surface area contributed by atoms with E-state index in [9.17, 15) is 4.79 Å². The first-order valence-electron chi connectivity index (χ1n) is 5.67. The van der Waals surface area contributed by atoms with Crippen LogP contribution < -0.4 is 16.4 Å². The average Bonchev–Trinajstić information content (AvgIpc) is 2.30. The van der Waals surface area contributed by atoms with E-state index < -0.39 is 6.04 Å². The van der Waals surface area contributed by atoms with Crippen molar-refractivity contribution in [3.63, 3.8) is 0 Å². The van der Waals surface area contributed by atoms with Gasteiger partial charge in [0.25, 0.3) is 0 Å². The second-order valence-corrected chi connectivity index (χ2v) is 4.28. The van der Waals surface area contributed by atoms with Crippen molar-refractivity contribution >= 4 is 17.4 Å². The van der Waals surface area contributed by atoms with Gasteiger partial charge < -0.3 is 16.4 Å². The molecule has 0 aliphatic heterocycles. The molecule has 6 nitrogen and oxygen atoms in total. The molecule has 6 heteroatoms. The molecule has 18 heavy (non-hydrogen) atoms. The summed E-state index contributed by atoms with van der Waals surface area (Å²) in [5.74, 6) is 0.328. The Morgan fingerprint density at radius 1 is 1.44 bits per heavy atom. The number of pyridine rings is 1. The maximum atomic E-state index is 11.7. The normalized spacial score (nSPS) is 11.7. The third-order valence-electron chi connectivity index (χ3n) is 2.22. The fourth-order valence-corrected chi connectivity index (χ4v) is 1.34. The Morgan fingerprint density at radius 2 is 2.11 bits per heavy atom. The molecule has 0 spiro atoms. The number of nitrogens with two attached hydrogens (primary N) is 1. The van der Waals surface area contributed by atoms with Crippen molar-refractivity contribution in [2.24, 2.45) is 0 Å². The monoisotopic (exact) mass is 247 g/mol. The molecule has 1 rings (SSSR count). The summed E-state index contributed by atoms with van der Waals surface area (Å²) in [6.45, 7) is 5.50. The number of amides is 1. The summed E-state index contributed by atoms with van der Waals surface area (Å²) < 4.78 is 0. The summed E-state index contributed by atoms with van der Waals surface area (Å²) in [5, 5.41) is 14.5. The van der Waals surface area contributed by atoms with Crippen LogP contribution in [-0.4, -0.2) is 23.0 Å². The van der Waals surface area contributed by atoms with Gasteiger partial charge in [-0.1, -0.05) is 0 Å². The van der Waals surface area contributed by atoms with Crippen LogP contribution in [0.25, 0.3) is 0 Å². The average molecular weight is 247 g/mol. The van der Waals surface area contributed by atoms with Crippen LogP contribution >= 0.6 is 0 Å². The molecule has 1 amide bonds. The van der Waals surface area contributed by atoms with E-state index in [1.54, 1.807) is 19.1 Å². The number of anilines is 2. The summed E-state index contributed by atoms with van der Waals surface area (Å²) >= 11 is 0. The molecule has 1 unspecified atom stereocenters. The standard InChI is InChI=1S/C12H17N5O/c1-7(2)15-12(18)8(3)16-11-5-4-9(14)10(6-13)17-11/h4-5,7-8H,14H2,1-3H3,(H,15,18)(H,16,17). The van der Waals surface area contributed by atoms with Gasteiger partial charge in [0.15, 0.2) is 5.69 Å². The van der Waals surface area contributed by atoms with Gasteiger partial charge in [-0.25, -0.2) is 4.98 Å². The maximum Gasteiger partial charge on any atom is 0.242 e. The highest BCUT2D eigenvalue weighted by molar-refractivity contribution is 5.84. The summed E-state index contributed by atoms with van der Waals surface area (Å²) in [4.78, 5) is 15.7. The SMILES string of the molecule is CC(C)NC(=O)C(C)Nc1ccc(N)c(C#N)n1. The predicted molar refractivity (Wildman–Crippen MR) is 69.7 cm³/mol. The molecule has 1 atom stereocenters. The minimum atomic E-state index is -0.435. The van der Waals surface area contributed by atoms with Crippen molar-refractivity contribution in [1.82, 2.24) is 10.3 Å². The van der Waals surface area contributed by atoms with Crippen molar-refractivity contribution in [2.75, 3.05) is 11.1 Å². The molecule has 0 bridgehead atoms. The van der Waals surface area contributed by atoms with Crippen molar-refractivity contribution < 1.29 is 4.79 Å². The van der Waals surface area contributed by atoms with Crippen LogP contribution in [-0.2, 0) is 4.79 Å². The molecule has 1 aromatic heterocycles. The number of rotatable bonds is 4. The minimum absolute atomic E-state index is 0.0794. The number of carbonyl (C=O) groups excluding carboxylic acids is 1. The van der Waals surface area contributed by atoms with E-state index in [1.807, 2.05) is 19.9 Å². The minimum Gasteiger partial charge on any atom is -0.396 e. The van der Waals surface area contributed by atoms with E-state index >= 15 is 0 Å². The largest absolute Gasteiger partial charge is 0.396 e. The summed E-state index contributed by atoms with van der Waals surface area (Å²) in [6, 6.07) is 4.76. The lowest BCUT2D eigenvalue weighted by Crippen LogP contribution is -2.41. The van der Waals surface area contributed by atoms with E-state index in [4.69, 9.17) is 11.0 Å². The highest BCUT2D eigenvalue weighted by Gasteiger charge is 2.14. The number of nitrogen functional groups attached to an aromatic ring is 1. The Bertz CT molecular complexity index is 478. The molecule has 0 fully saturated rings. The van der Waals surface area contributed by atoms with Crippen LogP contribution in [0.2, 0.25) is 0 Å². The maximum absolute atomic E-state index is 11.7. The summed E-state index contributed by atoms with van der Waals surface area (Å²) in [5.41, 5.74) is 6.04. The van der Waals surface area contributed by atoms with E-state index in [1.165, 1.54) is 0 Å².